The third kappa shape index (κ3) is 3.42. The molecule has 0 saturated heterocycles. The van der Waals surface area contributed by atoms with Crippen molar-refractivity contribution >= 4 is 5.78 Å². The molecule has 0 spiro atoms. The molecule has 1 heterocycles. The van der Waals surface area contributed by atoms with Crippen LogP contribution < -0.4 is 0 Å². The predicted octanol–water partition coefficient (Wildman–Crippen LogP) is 4.43. The van der Waals surface area contributed by atoms with Crippen molar-refractivity contribution in [1.82, 2.24) is 9.78 Å². The fourth-order valence-electron chi connectivity index (χ4n) is 3.01. The van der Waals surface area contributed by atoms with Gasteiger partial charge in [0.25, 0.3) is 0 Å². The number of nitrogens with zero attached hydrogens (tertiary/aromatic N) is 2. The molecule has 0 atom stereocenters. The fourth-order valence-corrected chi connectivity index (χ4v) is 3.01. The van der Waals surface area contributed by atoms with Gasteiger partial charge in [-0.05, 0) is 31.9 Å². The molecule has 4 nitrogen and oxygen atoms in total. The zero-order valence-electron chi connectivity index (χ0n) is 15.2. The Labute approximate surface area is 172 Å². The second kappa shape index (κ2) is 7.96. The first kappa shape index (κ1) is 22.6. The fraction of sp³-hybridized carbons (Fsp3) is 0.158. The smallest absolute Gasteiger partial charge is 0.226 e. The van der Waals surface area contributed by atoms with E-state index in [2.05, 4.69) is 5.10 Å². The van der Waals surface area contributed by atoms with Crippen molar-refractivity contribution < 1.29 is 48.9 Å². The van der Waals surface area contributed by atoms with Crippen LogP contribution in [0.1, 0.15) is 32.7 Å². The van der Waals surface area contributed by atoms with E-state index in [-0.39, 0.29) is 33.0 Å². The maximum atomic E-state index is 14.1. The molecule has 1 N–H and O–H groups in total. The molecule has 0 fully saturated rings. The molecule has 0 aliphatic rings. The summed E-state index contributed by atoms with van der Waals surface area (Å²) in [5, 5.41) is 14.0. The second-order valence-electron chi connectivity index (χ2n) is 6.21. The number of aromatic hydroxyl groups is 1. The molecule has 0 bridgehead atoms. The van der Waals surface area contributed by atoms with Gasteiger partial charge in [0.1, 0.15) is 11.3 Å². The number of halogens is 5. The molecule has 0 amide bonds. The second-order valence-corrected chi connectivity index (χ2v) is 6.21. The minimum atomic E-state index is -2.34. The normalized spacial score (nSPS) is 10.8. The zero-order valence-corrected chi connectivity index (χ0v) is 16.1. The number of carbonyl (C=O) groups is 1. The summed E-state index contributed by atoms with van der Waals surface area (Å²) in [6, 6.07) is 5.02. The molecule has 3 aromatic rings. The monoisotopic (exact) mass is 459 g/mol. The maximum absolute atomic E-state index is 14.1. The molecular weight excluding hydrogens is 447 g/mol. The van der Waals surface area contributed by atoms with Gasteiger partial charge in [-0.1, -0.05) is 18.2 Å². The van der Waals surface area contributed by atoms with E-state index < -0.39 is 52.0 Å². The average molecular weight is 460 g/mol. The van der Waals surface area contributed by atoms with Gasteiger partial charge in [-0.25, -0.2) is 22.0 Å². The Bertz CT molecular complexity index is 1100. The van der Waals surface area contributed by atoms with Crippen LogP contribution in [-0.4, -0.2) is 20.7 Å². The van der Waals surface area contributed by atoms with Crippen molar-refractivity contribution in [3.63, 3.8) is 0 Å². The molecule has 157 valence electrons. The van der Waals surface area contributed by atoms with E-state index in [0.29, 0.717) is 11.1 Å². The van der Waals surface area contributed by atoms with E-state index in [1.165, 1.54) is 6.92 Å². The first-order valence-corrected chi connectivity index (χ1v) is 7.99. The summed E-state index contributed by atoms with van der Waals surface area (Å²) in [5.41, 5.74) is -0.633. The van der Waals surface area contributed by atoms with Crippen molar-refractivity contribution in [3.05, 3.63) is 75.2 Å². The van der Waals surface area contributed by atoms with Crippen LogP contribution in [0, 0.1) is 49.9 Å². The topological polar surface area (TPSA) is 55.1 Å². The Hall–Kier alpha value is -2.71. The first-order chi connectivity index (χ1) is 13.1. The van der Waals surface area contributed by atoms with Gasteiger partial charge in [-0.3, -0.25) is 4.79 Å². The Morgan fingerprint density at radius 1 is 0.862 bits per heavy atom. The van der Waals surface area contributed by atoms with Gasteiger partial charge in [0.15, 0.2) is 23.3 Å². The van der Waals surface area contributed by atoms with Crippen molar-refractivity contribution in [3.8, 4) is 11.6 Å². The van der Waals surface area contributed by atoms with Gasteiger partial charge < -0.3 is 5.11 Å². The van der Waals surface area contributed by atoms with E-state index in [9.17, 15) is 31.9 Å². The summed E-state index contributed by atoms with van der Waals surface area (Å²) in [5.74, 6) is -12.8. The van der Waals surface area contributed by atoms with Crippen LogP contribution in [0.15, 0.2) is 18.2 Å². The SMILES string of the molecule is Cc1cccc(C)c1C(=O)c1c(C)nn(-c2c(F)c(F)c(F)c(F)c2F)c1O.[Cu]. The average Bonchev–Trinajstić information content (AvgIpc) is 2.92. The number of hydrogen-bond acceptors (Lipinski definition) is 3. The number of rotatable bonds is 3. The van der Waals surface area contributed by atoms with Crippen molar-refractivity contribution in [1.29, 1.82) is 0 Å². The summed E-state index contributed by atoms with van der Waals surface area (Å²) >= 11 is 0. The van der Waals surface area contributed by atoms with Crippen molar-refractivity contribution in [2.24, 2.45) is 0 Å². The van der Waals surface area contributed by atoms with Crippen LogP contribution >= 0.6 is 0 Å². The van der Waals surface area contributed by atoms with Crippen molar-refractivity contribution in [2.45, 2.75) is 20.8 Å². The molecule has 0 aliphatic heterocycles. The van der Waals surface area contributed by atoms with E-state index in [4.69, 9.17) is 0 Å². The van der Waals surface area contributed by atoms with Gasteiger partial charge in [-0.2, -0.15) is 9.78 Å². The summed E-state index contributed by atoms with van der Waals surface area (Å²) < 4.78 is 68.6. The molecule has 1 radical (unpaired) electrons. The first-order valence-electron chi connectivity index (χ1n) is 7.99. The maximum Gasteiger partial charge on any atom is 0.226 e. The van der Waals surface area contributed by atoms with E-state index >= 15 is 0 Å². The Morgan fingerprint density at radius 2 is 1.31 bits per heavy atom. The molecule has 0 unspecified atom stereocenters. The van der Waals surface area contributed by atoms with Gasteiger partial charge in [0, 0.05) is 22.6 Å². The minimum absolute atomic E-state index is 0. The van der Waals surface area contributed by atoms with Crippen LogP contribution in [0.5, 0.6) is 5.88 Å². The van der Waals surface area contributed by atoms with Gasteiger partial charge in [0.05, 0.1) is 5.69 Å². The molecule has 0 saturated carbocycles. The number of carbonyl (C=O) groups excluding carboxylic acids is 1. The summed E-state index contributed by atoms with van der Waals surface area (Å²) in [6.45, 7) is 4.57. The van der Waals surface area contributed by atoms with Crippen molar-refractivity contribution in [2.75, 3.05) is 0 Å². The van der Waals surface area contributed by atoms with Crippen LogP contribution in [-0.2, 0) is 17.1 Å². The number of aromatic nitrogens is 2. The standard InChI is InChI=1S/C19H13F5N2O2.Cu/c1-7-5-4-6-8(2)10(7)18(27)11-9(3)25-26(19(11)28)17-15(23)13(21)12(20)14(22)16(17)24;/h4-6,28H,1-3H3;. The summed E-state index contributed by atoms with van der Waals surface area (Å²) in [4.78, 5) is 12.9. The number of hydrogen-bond donors (Lipinski definition) is 1. The summed E-state index contributed by atoms with van der Waals surface area (Å²) in [7, 11) is 0. The van der Waals surface area contributed by atoms with E-state index in [1.54, 1.807) is 32.0 Å². The van der Waals surface area contributed by atoms with E-state index in [0.717, 1.165) is 0 Å². The van der Waals surface area contributed by atoms with Crippen LogP contribution in [0.25, 0.3) is 5.69 Å². The summed E-state index contributed by atoms with van der Waals surface area (Å²) in [6.07, 6.45) is 0. The number of ketones is 1. The molecule has 0 aliphatic carbocycles. The Morgan fingerprint density at radius 3 is 1.79 bits per heavy atom. The minimum Gasteiger partial charge on any atom is -0.493 e. The van der Waals surface area contributed by atoms with Gasteiger partial charge in [0.2, 0.25) is 17.5 Å². The van der Waals surface area contributed by atoms with Crippen LogP contribution in [0.2, 0.25) is 0 Å². The third-order valence-electron chi connectivity index (χ3n) is 4.37. The molecule has 3 rings (SSSR count). The van der Waals surface area contributed by atoms with Crippen LogP contribution in [0.3, 0.4) is 0 Å². The third-order valence-corrected chi connectivity index (χ3v) is 4.37. The molecule has 2 aromatic carbocycles. The van der Waals surface area contributed by atoms with E-state index in [1.807, 2.05) is 0 Å². The number of benzene rings is 2. The molecule has 1 aromatic heterocycles. The Balaban J connectivity index is 0.00000300. The molecule has 29 heavy (non-hydrogen) atoms. The molecule has 10 heteroatoms. The predicted molar refractivity (Wildman–Crippen MR) is 89.1 cm³/mol. The molecular formula is C19H13CuF5N2O2. The van der Waals surface area contributed by atoms with Gasteiger partial charge in [-0.15, -0.1) is 0 Å². The largest absolute Gasteiger partial charge is 0.493 e. The van der Waals surface area contributed by atoms with Gasteiger partial charge >= 0.3 is 0 Å². The zero-order chi connectivity index (χ0) is 20.9. The number of aryl methyl sites for hydroxylation is 3. The Kier molecular flexibility index (Phi) is 6.20. The van der Waals surface area contributed by atoms with Crippen LogP contribution in [0.4, 0.5) is 22.0 Å². The quantitative estimate of drug-likeness (QED) is 0.207.